The molecule has 0 bridgehead atoms. The number of nitrogens with zero attached hydrogens (tertiary/aromatic N) is 1. The maximum atomic E-state index is 4.07. The third kappa shape index (κ3) is 1.86. The largest absolute Gasteiger partial charge is 0.313 e. The second-order valence-corrected chi connectivity index (χ2v) is 3.84. The summed E-state index contributed by atoms with van der Waals surface area (Å²) in [5.74, 6) is 0. The Morgan fingerprint density at radius 1 is 1.57 bits per heavy atom. The summed E-state index contributed by atoms with van der Waals surface area (Å²) >= 11 is 1.70. The summed E-state index contributed by atoms with van der Waals surface area (Å²) in [7, 11) is 0. The molecule has 0 atom stereocenters. The van der Waals surface area contributed by atoms with Gasteiger partial charge in [-0.1, -0.05) is 6.92 Å². The third-order valence-corrected chi connectivity index (χ3v) is 2.78. The van der Waals surface area contributed by atoms with Gasteiger partial charge in [-0.3, -0.25) is 5.10 Å². The predicted octanol–water partition coefficient (Wildman–Crippen LogP) is 2.25. The average Bonchev–Trinajstić information content (AvgIpc) is 2.84. The molecule has 14 heavy (non-hydrogen) atoms. The van der Waals surface area contributed by atoms with Crippen molar-refractivity contribution in [2.24, 2.45) is 0 Å². The fourth-order valence-corrected chi connectivity index (χ4v) is 2.01. The van der Waals surface area contributed by atoms with Crippen molar-refractivity contribution in [3.05, 3.63) is 28.6 Å². The lowest BCUT2D eigenvalue weighted by atomic mass is 10.1. The van der Waals surface area contributed by atoms with E-state index < -0.39 is 0 Å². The highest BCUT2D eigenvalue weighted by molar-refractivity contribution is 7.08. The molecule has 0 amide bonds. The van der Waals surface area contributed by atoms with E-state index in [9.17, 15) is 0 Å². The van der Waals surface area contributed by atoms with Gasteiger partial charge in [-0.15, -0.1) is 0 Å². The van der Waals surface area contributed by atoms with E-state index in [1.54, 1.807) is 11.3 Å². The molecule has 2 aromatic rings. The zero-order chi connectivity index (χ0) is 9.80. The minimum absolute atomic E-state index is 0.873. The van der Waals surface area contributed by atoms with Crippen molar-refractivity contribution in [3.63, 3.8) is 0 Å². The topological polar surface area (TPSA) is 40.7 Å². The quantitative estimate of drug-likeness (QED) is 0.807. The van der Waals surface area contributed by atoms with Crippen LogP contribution in [-0.4, -0.2) is 16.7 Å². The molecular formula is C10H13N3S. The van der Waals surface area contributed by atoms with E-state index in [-0.39, 0.29) is 0 Å². The number of hydrogen-bond donors (Lipinski definition) is 2. The van der Waals surface area contributed by atoms with E-state index in [4.69, 9.17) is 0 Å². The van der Waals surface area contributed by atoms with Crippen molar-refractivity contribution in [1.82, 2.24) is 15.5 Å². The van der Waals surface area contributed by atoms with Gasteiger partial charge in [0.2, 0.25) is 0 Å². The fraction of sp³-hybridized carbons (Fsp3) is 0.300. The van der Waals surface area contributed by atoms with E-state index in [1.165, 1.54) is 11.1 Å². The predicted molar refractivity (Wildman–Crippen MR) is 59.3 cm³/mol. The van der Waals surface area contributed by atoms with Crippen LogP contribution in [0.15, 0.2) is 23.0 Å². The Morgan fingerprint density at radius 3 is 3.21 bits per heavy atom. The Balaban J connectivity index is 2.22. The molecule has 0 saturated carbocycles. The van der Waals surface area contributed by atoms with Crippen LogP contribution in [0, 0.1) is 0 Å². The fourth-order valence-electron chi connectivity index (χ4n) is 1.36. The van der Waals surface area contributed by atoms with Crippen molar-refractivity contribution in [3.8, 4) is 11.3 Å². The third-order valence-electron chi connectivity index (χ3n) is 2.09. The number of aromatic amines is 1. The summed E-state index contributed by atoms with van der Waals surface area (Å²) in [4.78, 5) is 0. The van der Waals surface area contributed by atoms with Gasteiger partial charge in [0.15, 0.2) is 0 Å². The zero-order valence-corrected chi connectivity index (χ0v) is 8.90. The zero-order valence-electron chi connectivity index (χ0n) is 8.08. The average molecular weight is 207 g/mol. The molecule has 0 unspecified atom stereocenters. The molecule has 74 valence electrons. The van der Waals surface area contributed by atoms with Crippen LogP contribution in [0.5, 0.6) is 0 Å². The van der Waals surface area contributed by atoms with Crippen LogP contribution in [0.25, 0.3) is 11.3 Å². The van der Waals surface area contributed by atoms with Crippen molar-refractivity contribution in [1.29, 1.82) is 0 Å². The molecule has 4 heteroatoms. The number of hydrogen-bond acceptors (Lipinski definition) is 3. The maximum Gasteiger partial charge on any atom is 0.0703 e. The molecule has 2 rings (SSSR count). The minimum Gasteiger partial charge on any atom is -0.313 e. The van der Waals surface area contributed by atoms with E-state index in [0.29, 0.717) is 0 Å². The Kier molecular flexibility index (Phi) is 2.96. The van der Waals surface area contributed by atoms with Gasteiger partial charge in [0.25, 0.3) is 0 Å². The number of aromatic nitrogens is 2. The number of nitrogens with one attached hydrogen (secondary N) is 2. The highest BCUT2D eigenvalue weighted by Gasteiger charge is 2.06. The van der Waals surface area contributed by atoms with E-state index in [1.807, 2.05) is 6.20 Å². The van der Waals surface area contributed by atoms with E-state index >= 15 is 0 Å². The van der Waals surface area contributed by atoms with Crippen LogP contribution >= 0.6 is 11.3 Å². The van der Waals surface area contributed by atoms with Gasteiger partial charge in [0.1, 0.15) is 0 Å². The first-order valence-electron chi connectivity index (χ1n) is 4.67. The summed E-state index contributed by atoms with van der Waals surface area (Å²) in [5.41, 5.74) is 3.58. The molecular weight excluding hydrogens is 194 g/mol. The smallest absolute Gasteiger partial charge is 0.0703 e. The van der Waals surface area contributed by atoms with Gasteiger partial charge in [-0.25, -0.2) is 0 Å². The maximum absolute atomic E-state index is 4.07. The molecule has 0 aliphatic heterocycles. The lowest BCUT2D eigenvalue weighted by Gasteiger charge is -2.01. The summed E-state index contributed by atoms with van der Waals surface area (Å²) in [6, 6.07) is 2.10. The van der Waals surface area contributed by atoms with Crippen molar-refractivity contribution in [2.45, 2.75) is 13.5 Å². The van der Waals surface area contributed by atoms with E-state index in [0.717, 1.165) is 18.8 Å². The molecule has 0 fully saturated rings. The Morgan fingerprint density at radius 2 is 2.50 bits per heavy atom. The molecule has 0 aliphatic carbocycles. The Labute approximate surface area is 87.2 Å². The molecule has 2 aromatic heterocycles. The molecule has 0 spiro atoms. The summed E-state index contributed by atoms with van der Waals surface area (Å²) < 4.78 is 0. The van der Waals surface area contributed by atoms with Crippen molar-refractivity contribution in [2.75, 3.05) is 6.54 Å². The molecule has 3 nitrogen and oxygen atoms in total. The number of rotatable bonds is 4. The molecule has 0 radical (unpaired) electrons. The van der Waals surface area contributed by atoms with Crippen LogP contribution in [0.3, 0.4) is 0 Å². The normalized spacial score (nSPS) is 10.6. The van der Waals surface area contributed by atoms with E-state index in [2.05, 4.69) is 39.3 Å². The highest BCUT2D eigenvalue weighted by atomic mass is 32.1. The first-order valence-corrected chi connectivity index (χ1v) is 5.61. The molecule has 0 aliphatic rings. The summed E-state index contributed by atoms with van der Waals surface area (Å²) in [5, 5.41) is 14.6. The minimum atomic E-state index is 0.873. The van der Waals surface area contributed by atoms with Gasteiger partial charge in [-0.05, 0) is 18.0 Å². The lowest BCUT2D eigenvalue weighted by Crippen LogP contribution is -2.11. The summed E-state index contributed by atoms with van der Waals surface area (Å²) in [6.45, 7) is 3.96. The first-order chi connectivity index (χ1) is 6.92. The second-order valence-electron chi connectivity index (χ2n) is 3.06. The summed E-state index contributed by atoms with van der Waals surface area (Å²) in [6.07, 6.45) is 1.88. The molecule has 0 aromatic carbocycles. The van der Waals surface area contributed by atoms with Crippen molar-refractivity contribution >= 4 is 11.3 Å². The van der Waals surface area contributed by atoms with Gasteiger partial charge < -0.3 is 5.32 Å². The van der Waals surface area contributed by atoms with Gasteiger partial charge in [0.05, 0.1) is 11.9 Å². The second kappa shape index (κ2) is 4.39. The lowest BCUT2D eigenvalue weighted by molar-refractivity contribution is 0.728. The standard InChI is InChI=1S/C10H13N3S/c1-2-11-5-9-6-12-13-10(9)8-3-4-14-7-8/h3-4,6-7,11H,2,5H2,1H3,(H,12,13). The Bertz CT molecular complexity index is 378. The number of H-pyrrole nitrogens is 1. The van der Waals surface area contributed by atoms with Crippen LogP contribution < -0.4 is 5.32 Å². The van der Waals surface area contributed by atoms with Crippen LogP contribution in [0.4, 0.5) is 0 Å². The van der Waals surface area contributed by atoms with Crippen LogP contribution in [0.2, 0.25) is 0 Å². The molecule has 2 N–H and O–H groups in total. The van der Waals surface area contributed by atoms with Gasteiger partial charge in [0, 0.05) is 23.1 Å². The number of thiophene rings is 1. The SMILES string of the molecule is CCNCc1cn[nH]c1-c1ccsc1. The van der Waals surface area contributed by atoms with Crippen molar-refractivity contribution < 1.29 is 0 Å². The molecule has 0 saturated heterocycles. The van der Waals surface area contributed by atoms with Gasteiger partial charge >= 0.3 is 0 Å². The Hall–Kier alpha value is -1.13. The van der Waals surface area contributed by atoms with Gasteiger partial charge in [-0.2, -0.15) is 16.4 Å². The first kappa shape index (κ1) is 9.43. The highest BCUT2D eigenvalue weighted by Crippen LogP contribution is 2.23. The molecule has 2 heterocycles. The monoisotopic (exact) mass is 207 g/mol. The van der Waals surface area contributed by atoms with Crippen LogP contribution in [-0.2, 0) is 6.54 Å². The van der Waals surface area contributed by atoms with Crippen LogP contribution in [0.1, 0.15) is 12.5 Å².